The van der Waals surface area contributed by atoms with Gasteiger partial charge in [-0.2, -0.15) is 0 Å². The van der Waals surface area contributed by atoms with Gasteiger partial charge in [0.2, 0.25) is 0 Å². The molecule has 1 unspecified atom stereocenters. The Labute approximate surface area is 356 Å². The Hall–Kier alpha value is -6.93. The zero-order chi connectivity index (χ0) is 40.2. The van der Waals surface area contributed by atoms with Crippen molar-refractivity contribution >= 4 is 28.7 Å². The van der Waals surface area contributed by atoms with Crippen LogP contribution < -0.4 is 4.90 Å². The average molecular weight is 786 g/mol. The normalized spacial score (nSPS) is 15.8. The second kappa shape index (κ2) is 13.0. The molecule has 12 rings (SSSR count). The van der Waals surface area contributed by atoms with Crippen LogP contribution >= 0.6 is 11.6 Å². The summed E-state index contributed by atoms with van der Waals surface area (Å²) in [5, 5.41) is 0.737. The minimum Gasteiger partial charge on any atom is -0.309 e. The van der Waals surface area contributed by atoms with Gasteiger partial charge in [0.05, 0.1) is 16.8 Å². The molecule has 0 aliphatic heterocycles. The lowest BCUT2D eigenvalue weighted by Gasteiger charge is -2.33. The summed E-state index contributed by atoms with van der Waals surface area (Å²) in [5.41, 5.74) is 22.9. The van der Waals surface area contributed by atoms with Gasteiger partial charge in [0.1, 0.15) is 0 Å². The average Bonchev–Trinajstić information content (AvgIpc) is 3.86. The van der Waals surface area contributed by atoms with E-state index in [9.17, 15) is 0 Å². The molecule has 0 N–H and O–H groups in total. The van der Waals surface area contributed by atoms with Crippen LogP contribution in [0.1, 0.15) is 47.2 Å². The highest BCUT2D eigenvalue weighted by Crippen LogP contribution is 2.66. The molecule has 0 fully saturated rings. The number of fused-ring (bicyclic) bond motifs is 13. The maximum Gasteiger partial charge on any atom is 0.0727 e. The zero-order valence-electron chi connectivity index (χ0n) is 33.5. The van der Waals surface area contributed by atoms with Gasteiger partial charge in [-0.15, -0.1) is 0 Å². The van der Waals surface area contributed by atoms with Crippen molar-refractivity contribution in [1.82, 2.24) is 0 Å². The predicted octanol–water partition coefficient (Wildman–Crippen LogP) is 15.8. The van der Waals surface area contributed by atoms with E-state index in [-0.39, 0.29) is 5.41 Å². The van der Waals surface area contributed by atoms with Crippen LogP contribution in [0, 0.1) is 0 Å². The van der Waals surface area contributed by atoms with Crippen LogP contribution in [-0.2, 0) is 10.8 Å². The number of hydrogen-bond donors (Lipinski definition) is 0. The van der Waals surface area contributed by atoms with E-state index in [0.717, 1.165) is 16.4 Å². The lowest BCUT2D eigenvalue weighted by molar-refractivity contribution is 0.660. The number of hydrogen-bond acceptors (Lipinski definition) is 1. The fourth-order valence-electron chi connectivity index (χ4n) is 11.0. The van der Waals surface area contributed by atoms with Gasteiger partial charge in [-0.1, -0.05) is 195 Å². The highest BCUT2D eigenvalue weighted by molar-refractivity contribution is 6.31. The molecule has 1 spiro atoms. The van der Waals surface area contributed by atoms with Gasteiger partial charge in [-0.25, -0.2) is 0 Å². The van der Waals surface area contributed by atoms with Crippen molar-refractivity contribution in [3.8, 4) is 55.6 Å². The van der Waals surface area contributed by atoms with E-state index in [1.807, 2.05) is 0 Å². The Morgan fingerprint density at radius 2 is 0.833 bits per heavy atom. The Kier molecular flexibility index (Phi) is 7.62. The Bertz CT molecular complexity index is 3180. The Balaban J connectivity index is 1.17. The molecular weight excluding hydrogens is 746 g/mol. The maximum absolute atomic E-state index is 7.10. The first-order chi connectivity index (χ1) is 29.5. The van der Waals surface area contributed by atoms with Gasteiger partial charge in [0, 0.05) is 27.3 Å². The van der Waals surface area contributed by atoms with Gasteiger partial charge in [-0.3, -0.25) is 0 Å². The second-order valence-corrected chi connectivity index (χ2v) is 17.3. The van der Waals surface area contributed by atoms with Crippen LogP contribution in [0.15, 0.2) is 206 Å². The van der Waals surface area contributed by atoms with E-state index in [4.69, 9.17) is 11.6 Å². The number of halogens is 1. The summed E-state index contributed by atoms with van der Waals surface area (Å²) < 4.78 is 0. The number of nitrogens with zero attached hydrogens (tertiary/aromatic N) is 1. The summed E-state index contributed by atoms with van der Waals surface area (Å²) in [7, 11) is 0. The molecule has 9 aromatic carbocycles. The zero-order valence-corrected chi connectivity index (χ0v) is 34.2. The molecule has 0 saturated carbocycles. The second-order valence-electron chi connectivity index (χ2n) is 16.9. The van der Waals surface area contributed by atoms with Crippen LogP contribution in [-0.4, -0.2) is 0 Å². The Morgan fingerprint density at radius 1 is 0.350 bits per heavy atom. The van der Waals surface area contributed by atoms with Crippen molar-refractivity contribution in [1.29, 1.82) is 0 Å². The Morgan fingerprint density at radius 3 is 1.53 bits per heavy atom. The van der Waals surface area contributed by atoms with E-state index >= 15 is 0 Å². The van der Waals surface area contributed by atoms with Gasteiger partial charge in [0.25, 0.3) is 0 Å². The van der Waals surface area contributed by atoms with Crippen LogP contribution in [0.2, 0.25) is 5.02 Å². The minimum absolute atomic E-state index is 0.148. The van der Waals surface area contributed by atoms with Gasteiger partial charge in [-0.05, 0) is 114 Å². The standard InChI is InChI=1S/C58H40ClN/c1-57(2)46-23-11-9-20-43(46)55-48(57)25-14-28-52(55)60(41-33-30-38(31-34-41)37-16-5-3-6-17-37)53-29-15-27-50-56(53)45-35-32-40(59)36-51(45)58(50)47-24-12-10-21-44(47)54-42(22-13-26-49(54)58)39-18-7-4-8-19-39/h3-36H,1-2H3. The molecule has 0 aromatic heterocycles. The molecule has 0 heterocycles. The third-order valence-electron chi connectivity index (χ3n) is 13.6. The summed E-state index contributed by atoms with van der Waals surface area (Å²) in [6.07, 6.45) is 0. The fraction of sp³-hybridized carbons (Fsp3) is 0.0690. The number of rotatable bonds is 5. The highest BCUT2D eigenvalue weighted by Gasteiger charge is 2.53. The first-order valence-corrected chi connectivity index (χ1v) is 21.3. The van der Waals surface area contributed by atoms with Crippen molar-refractivity contribution in [2.45, 2.75) is 24.7 Å². The van der Waals surface area contributed by atoms with E-state index in [1.54, 1.807) is 0 Å². The van der Waals surface area contributed by atoms with Crippen molar-refractivity contribution in [2.24, 2.45) is 0 Å². The quantitative estimate of drug-likeness (QED) is 0.168. The molecule has 60 heavy (non-hydrogen) atoms. The molecule has 2 heteroatoms. The molecule has 0 saturated heterocycles. The van der Waals surface area contributed by atoms with Gasteiger partial charge < -0.3 is 4.90 Å². The van der Waals surface area contributed by atoms with Crippen molar-refractivity contribution in [3.05, 3.63) is 245 Å². The minimum atomic E-state index is -0.585. The lowest BCUT2D eigenvalue weighted by atomic mass is 9.70. The van der Waals surface area contributed by atoms with Crippen LogP contribution in [0.4, 0.5) is 17.1 Å². The smallest absolute Gasteiger partial charge is 0.0727 e. The molecule has 284 valence electrons. The topological polar surface area (TPSA) is 3.24 Å². The van der Waals surface area contributed by atoms with Crippen LogP contribution in [0.3, 0.4) is 0 Å². The first kappa shape index (κ1) is 35.1. The molecule has 9 aromatic rings. The van der Waals surface area contributed by atoms with Crippen molar-refractivity contribution in [2.75, 3.05) is 4.90 Å². The number of benzene rings is 9. The third-order valence-corrected chi connectivity index (χ3v) is 13.8. The summed E-state index contributed by atoms with van der Waals surface area (Å²) in [6, 6.07) is 76.0. The summed E-state index contributed by atoms with van der Waals surface area (Å²) in [6.45, 7) is 4.73. The van der Waals surface area contributed by atoms with Crippen molar-refractivity contribution < 1.29 is 0 Å². The molecule has 1 nitrogen and oxygen atoms in total. The third kappa shape index (κ3) is 4.76. The van der Waals surface area contributed by atoms with E-state index in [0.29, 0.717) is 0 Å². The summed E-state index contributed by atoms with van der Waals surface area (Å²) in [5.74, 6) is 0. The maximum atomic E-state index is 7.10. The molecule has 0 radical (unpaired) electrons. The van der Waals surface area contributed by atoms with Gasteiger partial charge >= 0.3 is 0 Å². The van der Waals surface area contributed by atoms with E-state index in [2.05, 4.69) is 225 Å². The largest absolute Gasteiger partial charge is 0.309 e. The van der Waals surface area contributed by atoms with Gasteiger partial charge in [0.15, 0.2) is 0 Å². The first-order valence-electron chi connectivity index (χ1n) is 20.9. The van der Waals surface area contributed by atoms with Crippen molar-refractivity contribution in [3.63, 3.8) is 0 Å². The SMILES string of the molecule is CC1(C)c2ccccc2-c2c(N(c3ccc(-c4ccccc4)cc3)c3cccc4c3-c3ccc(Cl)cc3C43c4ccccc4-c4c(-c5ccccc5)cccc43)cccc21. The van der Waals surface area contributed by atoms with E-state index in [1.165, 1.54) is 94.7 Å². The molecule has 1 atom stereocenters. The summed E-state index contributed by atoms with van der Waals surface area (Å²) >= 11 is 7.10. The molecule has 3 aliphatic carbocycles. The predicted molar refractivity (Wildman–Crippen MR) is 251 cm³/mol. The van der Waals surface area contributed by atoms with Crippen LogP contribution in [0.25, 0.3) is 55.6 Å². The van der Waals surface area contributed by atoms with Crippen LogP contribution in [0.5, 0.6) is 0 Å². The molecule has 0 amide bonds. The molecule has 0 bridgehead atoms. The monoisotopic (exact) mass is 785 g/mol. The highest BCUT2D eigenvalue weighted by atomic mass is 35.5. The lowest BCUT2D eigenvalue weighted by Crippen LogP contribution is -2.26. The fourth-order valence-corrected chi connectivity index (χ4v) is 11.2. The molecular formula is C58H40ClN. The van der Waals surface area contributed by atoms with E-state index < -0.39 is 5.41 Å². The molecule has 3 aliphatic rings. The summed E-state index contributed by atoms with van der Waals surface area (Å²) in [4.78, 5) is 2.53. The number of anilines is 3.